The van der Waals surface area contributed by atoms with Crippen LogP contribution in [-0.4, -0.2) is 15.0 Å². The Labute approximate surface area is 305 Å². The largest absolute Gasteiger partial charge is 0.311 e. The number of pyridine rings is 3. The fraction of sp³-hybridized carbons (Fsp3) is 0. The van der Waals surface area contributed by atoms with Crippen LogP contribution in [0.15, 0.2) is 182 Å². The first-order chi connectivity index (χ1) is 25.7. The Kier molecular flexibility index (Phi) is 7.29. The minimum atomic E-state index is 0.955. The Morgan fingerprint density at radius 2 is 0.788 bits per heavy atom. The molecule has 52 heavy (non-hydrogen) atoms. The zero-order chi connectivity index (χ0) is 34.4. The standard InChI is InChI=1S/C47H30N4S/c1-4-10-41-31(7-1)19-28-43(48-41)33-13-21-36(22-14-33)51(37-23-15-34(16-24-37)44-29-20-32-8-2-5-11-42(32)49-44)38-25-17-35(18-26-38)45-30-27-40-39-9-3-6-12-46(39)52-47(40)50-45/h1-30H. The number of nitrogens with zero attached hydrogens (tertiary/aromatic N) is 4. The summed E-state index contributed by atoms with van der Waals surface area (Å²) >= 11 is 1.74. The van der Waals surface area contributed by atoms with Crippen molar-refractivity contribution in [3.05, 3.63) is 182 Å². The molecule has 10 aromatic rings. The molecule has 4 heterocycles. The van der Waals surface area contributed by atoms with Gasteiger partial charge in [0.15, 0.2) is 0 Å². The van der Waals surface area contributed by atoms with Crippen molar-refractivity contribution in [1.82, 2.24) is 15.0 Å². The van der Waals surface area contributed by atoms with Crippen LogP contribution in [0.3, 0.4) is 0 Å². The monoisotopic (exact) mass is 682 g/mol. The molecule has 5 heteroatoms. The van der Waals surface area contributed by atoms with E-state index >= 15 is 0 Å². The Hall–Kier alpha value is -6.69. The molecule has 0 radical (unpaired) electrons. The summed E-state index contributed by atoms with van der Waals surface area (Å²) in [6.45, 7) is 0. The molecule has 0 aliphatic heterocycles. The zero-order valence-electron chi connectivity index (χ0n) is 28.0. The van der Waals surface area contributed by atoms with Gasteiger partial charge in [-0.1, -0.05) is 103 Å². The Balaban J connectivity index is 1.02. The van der Waals surface area contributed by atoms with E-state index in [4.69, 9.17) is 15.0 Å². The molecule has 0 N–H and O–H groups in total. The average molecular weight is 683 g/mol. The van der Waals surface area contributed by atoms with Crippen molar-refractivity contribution < 1.29 is 0 Å². The van der Waals surface area contributed by atoms with Crippen LogP contribution in [0.2, 0.25) is 0 Å². The third-order valence-corrected chi connectivity index (χ3v) is 10.8. The molecule has 0 amide bonds. The zero-order valence-corrected chi connectivity index (χ0v) is 28.8. The van der Waals surface area contributed by atoms with Crippen molar-refractivity contribution in [3.8, 4) is 33.8 Å². The second-order valence-electron chi connectivity index (χ2n) is 12.9. The molecule has 4 nitrogen and oxygen atoms in total. The second kappa shape index (κ2) is 12.6. The highest BCUT2D eigenvalue weighted by Gasteiger charge is 2.15. The van der Waals surface area contributed by atoms with Gasteiger partial charge < -0.3 is 4.90 Å². The first kappa shape index (κ1) is 30.2. The van der Waals surface area contributed by atoms with Gasteiger partial charge in [0.25, 0.3) is 0 Å². The van der Waals surface area contributed by atoms with Gasteiger partial charge in [-0.15, -0.1) is 11.3 Å². The van der Waals surface area contributed by atoms with Crippen molar-refractivity contribution in [2.24, 2.45) is 0 Å². The van der Waals surface area contributed by atoms with Gasteiger partial charge in [0, 0.05) is 60.0 Å². The predicted molar refractivity (Wildman–Crippen MR) is 219 cm³/mol. The third kappa shape index (κ3) is 5.45. The summed E-state index contributed by atoms with van der Waals surface area (Å²) in [5, 5.41) is 4.74. The summed E-state index contributed by atoms with van der Waals surface area (Å²) in [7, 11) is 0. The quantitative estimate of drug-likeness (QED) is 0.175. The molecule has 0 aliphatic carbocycles. The molecule has 0 saturated carbocycles. The SMILES string of the molecule is c1ccc2nc(-c3ccc(N(c4ccc(-c5ccc6ccccc6n5)cc4)c4ccc(-c5ccc6c(n5)sc5ccccc56)cc4)cc3)ccc2c1. The normalized spacial score (nSPS) is 11.5. The molecule has 0 aliphatic rings. The Bertz CT molecular complexity index is 2770. The fourth-order valence-corrected chi connectivity index (χ4v) is 8.09. The van der Waals surface area contributed by atoms with Crippen LogP contribution in [0.1, 0.15) is 0 Å². The predicted octanol–water partition coefficient (Wildman–Crippen LogP) is 13.0. The van der Waals surface area contributed by atoms with E-state index in [0.717, 1.165) is 77.5 Å². The summed E-state index contributed by atoms with van der Waals surface area (Å²) in [6.07, 6.45) is 0. The number of hydrogen-bond acceptors (Lipinski definition) is 5. The maximum atomic E-state index is 5.08. The van der Waals surface area contributed by atoms with Gasteiger partial charge in [-0.2, -0.15) is 0 Å². The summed E-state index contributed by atoms with van der Waals surface area (Å²) in [6, 6.07) is 63.8. The number of anilines is 3. The molecule has 244 valence electrons. The van der Waals surface area contributed by atoms with E-state index in [1.165, 1.54) is 15.5 Å². The van der Waals surface area contributed by atoms with Gasteiger partial charge in [-0.05, 0) is 78.9 Å². The Morgan fingerprint density at radius 1 is 0.346 bits per heavy atom. The van der Waals surface area contributed by atoms with E-state index in [2.05, 4.69) is 163 Å². The van der Waals surface area contributed by atoms with Gasteiger partial charge in [0.1, 0.15) is 4.83 Å². The highest BCUT2D eigenvalue weighted by Crippen LogP contribution is 2.39. The van der Waals surface area contributed by atoms with Crippen molar-refractivity contribution in [2.75, 3.05) is 4.90 Å². The number of rotatable bonds is 6. The Morgan fingerprint density at radius 3 is 1.33 bits per heavy atom. The van der Waals surface area contributed by atoms with Gasteiger partial charge in [-0.3, -0.25) is 0 Å². The van der Waals surface area contributed by atoms with Gasteiger partial charge in [-0.25, -0.2) is 15.0 Å². The number of aromatic nitrogens is 3. The first-order valence-corrected chi connectivity index (χ1v) is 18.2. The van der Waals surface area contributed by atoms with Crippen molar-refractivity contribution in [2.45, 2.75) is 0 Å². The number of fused-ring (bicyclic) bond motifs is 5. The minimum absolute atomic E-state index is 0.955. The van der Waals surface area contributed by atoms with Gasteiger partial charge >= 0.3 is 0 Å². The third-order valence-electron chi connectivity index (χ3n) is 9.70. The number of benzene rings is 6. The minimum Gasteiger partial charge on any atom is -0.311 e. The molecule has 0 atom stereocenters. The molecule has 6 aromatic carbocycles. The van der Waals surface area contributed by atoms with E-state index in [1.54, 1.807) is 11.3 Å². The number of para-hydroxylation sites is 2. The van der Waals surface area contributed by atoms with E-state index in [-0.39, 0.29) is 0 Å². The summed E-state index contributed by atoms with van der Waals surface area (Å²) in [4.78, 5) is 18.3. The van der Waals surface area contributed by atoms with Gasteiger partial charge in [0.2, 0.25) is 0 Å². The second-order valence-corrected chi connectivity index (χ2v) is 13.9. The van der Waals surface area contributed by atoms with Crippen molar-refractivity contribution in [3.63, 3.8) is 0 Å². The smallest absolute Gasteiger partial charge is 0.125 e. The molecule has 4 aromatic heterocycles. The van der Waals surface area contributed by atoms with Crippen molar-refractivity contribution in [1.29, 1.82) is 0 Å². The van der Waals surface area contributed by atoms with Crippen LogP contribution >= 0.6 is 11.3 Å². The topological polar surface area (TPSA) is 41.9 Å². The van der Waals surface area contributed by atoms with Crippen LogP contribution in [0.4, 0.5) is 17.1 Å². The molecule has 0 fully saturated rings. The summed E-state index contributed by atoms with van der Waals surface area (Å²) in [5.41, 5.74) is 11.3. The van der Waals surface area contributed by atoms with Crippen LogP contribution in [-0.2, 0) is 0 Å². The van der Waals surface area contributed by atoms with E-state index in [9.17, 15) is 0 Å². The molecule has 0 spiro atoms. The first-order valence-electron chi connectivity index (χ1n) is 17.3. The fourth-order valence-electron chi connectivity index (χ4n) is 7.01. The lowest BCUT2D eigenvalue weighted by Gasteiger charge is -2.26. The van der Waals surface area contributed by atoms with E-state index < -0.39 is 0 Å². The lowest BCUT2D eigenvalue weighted by Crippen LogP contribution is -2.09. The average Bonchev–Trinajstić information content (AvgIpc) is 3.59. The summed E-state index contributed by atoms with van der Waals surface area (Å²) < 4.78 is 1.26. The molecule has 0 unspecified atom stereocenters. The number of hydrogen-bond donors (Lipinski definition) is 0. The van der Waals surface area contributed by atoms with Crippen LogP contribution < -0.4 is 4.90 Å². The maximum Gasteiger partial charge on any atom is 0.125 e. The summed E-state index contributed by atoms with van der Waals surface area (Å²) in [5.74, 6) is 0. The van der Waals surface area contributed by atoms with Gasteiger partial charge in [0.05, 0.1) is 28.1 Å². The molecular formula is C47H30N4S. The lowest BCUT2D eigenvalue weighted by molar-refractivity contribution is 1.28. The van der Waals surface area contributed by atoms with Crippen LogP contribution in [0.25, 0.3) is 75.9 Å². The number of thiophene rings is 1. The maximum absolute atomic E-state index is 5.08. The lowest BCUT2D eigenvalue weighted by atomic mass is 10.1. The van der Waals surface area contributed by atoms with E-state index in [0.29, 0.717) is 0 Å². The molecular weight excluding hydrogens is 653 g/mol. The van der Waals surface area contributed by atoms with Crippen LogP contribution in [0.5, 0.6) is 0 Å². The van der Waals surface area contributed by atoms with Crippen molar-refractivity contribution >= 4 is 70.5 Å². The molecule has 0 bridgehead atoms. The highest BCUT2D eigenvalue weighted by atomic mass is 32.1. The van der Waals surface area contributed by atoms with Crippen LogP contribution in [0, 0.1) is 0 Å². The molecule has 10 rings (SSSR count). The molecule has 0 saturated heterocycles. The van der Waals surface area contributed by atoms with E-state index in [1.807, 2.05) is 24.3 Å². The highest BCUT2D eigenvalue weighted by molar-refractivity contribution is 7.25.